The second-order valence-electron chi connectivity index (χ2n) is 8.50. The van der Waals surface area contributed by atoms with E-state index in [0.717, 1.165) is 5.56 Å². The number of amides is 3. The predicted octanol–water partition coefficient (Wildman–Crippen LogP) is -0.222. The van der Waals surface area contributed by atoms with Gasteiger partial charge in [-0.25, -0.2) is 4.79 Å². The number of aliphatic carboxylic acids is 1. The third-order valence-electron chi connectivity index (χ3n) is 5.17. The molecule has 1 aliphatic heterocycles. The summed E-state index contributed by atoms with van der Waals surface area (Å²) in [5.41, 5.74) is 0.776. The van der Waals surface area contributed by atoms with Gasteiger partial charge in [-0.2, -0.15) is 0 Å². The standard InChI is InChI=1S/C23H34N4O6/c1-16(2)12-18(22(30)26-19(23(31)32)13-17-6-4-3-5-7-17)25-20(28)14-24-21(29)15-27-8-10-33-11-9-27/h3-7,16,18-19H,8-15H2,1-2H3,(H,24,29)(H,25,28)(H,26,30)(H,31,32)/t18-,19-/m0/s1. The van der Waals surface area contributed by atoms with Crippen LogP contribution >= 0.6 is 0 Å². The van der Waals surface area contributed by atoms with Gasteiger partial charge in [0.1, 0.15) is 12.1 Å². The summed E-state index contributed by atoms with van der Waals surface area (Å²) >= 11 is 0. The number of hydrogen-bond donors (Lipinski definition) is 4. The molecule has 2 rings (SSSR count). The molecule has 1 aromatic rings. The molecule has 2 atom stereocenters. The summed E-state index contributed by atoms with van der Waals surface area (Å²) in [6.07, 6.45) is 0.457. The van der Waals surface area contributed by atoms with Crippen molar-refractivity contribution in [2.75, 3.05) is 39.4 Å². The Morgan fingerprint density at radius 1 is 1.00 bits per heavy atom. The number of carbonyl (C=O) groups is 4. The molecule has 1 heterocycles. The number of morpholine rings is 1. The van der Waals surface area contributed by atoms with Crippen LogP contribution in [-0.2, 0) is 30.3 Å². The molecular formula is C23H34N4O6. The van der Waals surface area contributed by atoms with E-state index in [1.54, 1.807) is 24.3 Å². The number of rotatable bonds is 12. The molecule has 0 saturated carbocycles. The lowest BCUT2D eigenvalue weighted by molar-refractivity contribution is -0.142. The van der Waals surface area contributed by atoms with Crippen LogP contribution in [0.1, 0.15) is 25.8 Å². The van der Waals surface area contributed by atoms with Gasteiger partial charge in [-0.15, -0.1) is 0 Å². The Morgan fingerprint density at radius 2 is 1.67 bits per heavy atom. The highest BCUT2D eigenvalue weighted by Gasteiger charge is 2.27. The van der Waals surface area contributed by atoms with Gasteiger partial charge in [0.25, 0.3) is 0 Å². The summed E-state index contributed by atoms with van der Waals surface area (Å²) in [5, 5.41) is 17.3. The lowest BCUT2D eigenvalue weighted by Gasteiger charge is -2.26. The van der Waals surface area contributed by atoms with Crippen molar-refractivity contribution in [3.63, 3.8) is 0 Å². The van der Waals surface area contributed by atoms with E-state index in [0.29, 0.717) is 32.7 Å². The number of carboxylic acid groups (broad SMARTS) is 1. The van der Waals surface area contributed by atoms with Crippen LogP contribution in [0.2, 0.25) is 0 Å². The fourth-order valence-electron chi connectivity index (χ4n) is 3.47. The van der Waals surface area contributed by atoms with Crippen molar-refractivity contribution in [2.24, 2.45) is 5.92 Å². The molecule has 33 heavy (non-hydrogen) atoms. The monoisotopic (exact) mass is 462 g/mol. The Kier molecular flexibility index (Phi) is 10.8. The second kappa shape index (κ2) is 13.5. The fourth-order valence-corrected chi connectivity index (χ4v) is 3.47. The van der Waals surface area contributed by atoms with E-state index < -0.39 is 29.9 Å². The molecule has 4 N–H and O–H groups in total. The van der Waals surface area contributed by atoms with Gasteiger partial charge in [-0.3, -0.25) is 19.3 Å². The van der Waals surface area contributed by atoms with Crippen molar-refractivity contribution in [2.45, 2.75) is 38.8 Å². The summed E-state index contributed by atoms with van der Waals surface area (Å²) < 4.78 is 5.24. The van der Waals surface area contributed by atoms with Crippen LogP contribution in [0, 0.1) is 5.92 Å². The first-order valence-corrected chi connectivity index (χ1v) is 11.2. The van der Waals surface area contributed by atoms with E-state index in [4.69, 9.17) is 4.74 Å². The molecule has 1 fully saturated rings. The van der Waals surface area contributed by atoms with Crippen molar-refractivity contribution in [3.05, 3.63) is 35.9 Å². The highest BCUT2D eigenvalue weighted by Crippen LogP contribution is 2.08. The van der Waals surface area contributed by atoms with Gasteiger partial charge in [-0.05, 0) is 17.9 Å². The molecule has 0 radical (unpaired) electrons. The quantitative estimate of drug-likeness (QED) is 0.337. The van der Waals surface area contributed by atoms with Gasteiger partial charge in [-0.1, -0.05) is 44.2 Å². The number of nitrogens with zero attached hydrogens (tertiary/aromatic N) is 1. The Labute approximate surface area is 194 Å². The molecule has 10 heteroatoms. The number of nitrogens with one attached hydrogen (secondary N) is 3. The highest BCUT2D eigenvalue weighted by atomic mass is 16.5. The molecule has 1 aliphatic rings. The van der Waals surface area contributed by atoms with Crippen molar-refractivity contribution < 1.29 is 29.0 Å². The minimum Gasteiger partial charge on any atom is -0.480 e. The van der Waals surface area contributed by atoms with E-state index in [-0.39, 0.29) is 31.3 Å². The van der Waals surface area contributed by atoms with Gasteiger partial charge >= 0.3 is 5.97 Å². The van der Waals surface area contributed by atoms with E-state index in [1.165, 1.54) is 0 Å². The van der Waals surface area contributed by atoms with Gasteiger partial charge in [0, 0.05) is 19.5 Å². The average molecular weight is 463 g/mol. The Bertz CT molecular complexity index is 795. The topological polar surface area (TPSA) is 137 Å². The van der Waals surface area contributed by atoms with Crippen LogP contribution in [0.3, 0.4) is 0 Å². The second-order valence-corrected chi connectivity index (χ2v) is 8.50. The number of ether oxygens (including phenoxy) is 1. The smallest absolute Gasteiger partial charge is 0.326 e. The maximum atomic E-state index is 12.8. The molecular weight excluding hydrogens is 428 g/mol. The highest BCUT2D eigenvalue weighted by molar-refractivity contribution is 5.92. The molecule has 0 aromatic heterocycles. The third-order valence-corrected chi connectivity index (χ3v) is 5.17. The number of benzene rings is 1. The summed E-state index contributed by atoms with van der Waals surface area (Å²) in [6.45, 7) is 6.16. The predicted molar refractivity (Wildman–Crippen MR) is 121 cm³/mol. The minimum atomic E-state index is -1.16. The van der Waals surface area contributed by atoms with Crippen LogP contribution < -0.4 is 16.0 Å². The van der Waals surface area contributed by atoms with E-state index >= 15 is 0 Å². The Morgan fingerprint density at radius 3 is 2.27 bits per heavy atom. The molecule has 0 unspecified atom stereocenters. The van der Waals surface area contributed by atoms with Gasteiger partial charge in [0.15, 0.2) is 0 Å². The maximum absolute atomic E-state index is 12.8. The van der Waals surface area contributed by atoms with Gasteiger partial charge in [0.05, 0.1) is 26.3 Å². The SMILES string of the molecule is CC(C)C[C@H](NC(=O)CNC(=O)CN1CCOCC1)C(=O)N[C@@H](Cc1ccccc1)C(=O)O. The summed E-state index contributed by atoms with van der Waals surface area (Å²) in [6, 6.07) is 6.96. The Hall–Kier alpha value is -2.98. The van der Waals surface area contributed by atoms with Crippen molar-refractivity contribution >= 4 is 23.7 Å². The molecule has 3 amide bonds. The molecule has 0 aliphatic carbocycles. The Balaban J connectivity index is 1.89. The number of carboxylic acids is 1. The van der Waals surface area contributed by atoms with Crippen LogP contribution in [0.25, 0.3) is 0 Å². The van der Waals surface area contributed by atoms with Crippen LogP contribution in [-0.4, -0.2) is 85.2 Å². The molecule has 10 nitrogen and oxygen atoms in total. The van der Waals surface area contributed by atoms with Gasteiger partial charge < -0.3 is 25.8 Å². The van der Waals surface area contributed by atoms with Crippen molar-refractivity contribution in [1.29, 1.82) is 0 Å². The zero-order chi connectivity index (χ0) is 24.2. The van der Waals surface area contributed by atoms with Crippen molar-refractivity contribution in [1.82, 2.24) is 20.9 Å². The normalized spacial score (nSPS) is 16.0. The summed E-state index contributed by atoms with van der Waals surface area (Å²) in [7, 11) is 0. The van der Waals surface area contributed by atoms with Crippen LogP contribution in [0.4, 0.5) is 0 Å². The average Bonchev–Trinajstić information content (AvgIpc) is 2.78. The zero-order valence-corrected chi connectivity index (χ0v) is 19.2. The van der Waals surface area contributed by atoms with E-state index in [9.17, 15) is 24.3 Å². The maximum Gasteiger partial charge on any atom is 0.326 e. The summed E-state index contributed by atoms with van der Waals surface area (Å²) in [4.78, 5) is 50.9. The van der Waals surface area contributed by atoms with Crippen molar-refractivity contribution in [3.8, 4) is 0 Å². The third kappa shape index (κ3) is 10.0. The molecule has 0 bridgehead atoms. The first-order chi connectivity index (χ1) is 15.7. The van der Waals surface area contributed by atoms with Gasteiger partial charge in [0.2, 0.25) is 17.7 Å². The van der Waals surface area contributed by atoms with Crippen LogP contribution in [0.15, 0.2) is 30.3 Å². The van der Waals surface area contributed by atoms with E-state index in [2.05, 4.69) is 16.0 Å². The van der Waals surface area contributed by atoms with Crippen LogP contribution in [0.5, 0.6) is 0 Å². The molecule has 0 spiro atoms. The first kappa shape index (κ1) is 26.3. The fraction of sp³-hybridized carbons (Fsp3) is 0.565. The molecule has 1 saturated heterocycles. The number of carbonyl (C=O) groups excluding carboxylic acids is 3. The zero-order valence-electron chi connectivity index (χ0n) is 19.2. The largest absolute Gasteiger partial charge is 0.480 e. The van der Waals surface area contributed by atoms with E-state index in [1.807, 2.05) is 24.8 Å². The molecule has 1 aromatic carbocycles. The summed E-state index contributed by atoms with van der Waals surface area (Å²) in [5.74, 6) is -2.45. The molecule has 182 valence electrons. The first-order valence-electron chi connectivity index (χ1n) is 11.2. The minimum absolute atomic E-state index is 0.0781. The lowest BCUT2D eigenvalue weighted by Crippen LogP contribution is -2.54. The number of hydrogen-bond acceptors (Lipinski definition) is 6. The lowest BCUT2D eigenvalue weighted by atomic mass is 10.0.